The maximum atomic E-state index is 4.24. The molecule has 5 heteroatoms. The lowest BCUT2D eigenvalue weighted by Crippen LogP contribution is -2.07. The number of nitrogens with zero attached hydrogens (tertiary/aromatic N) is 3. The van der Waals surface area contributed by atoms with Gasteiger partial charge in [-0.1, -0.05) is 12.8 Å². The Balaban J connectivity index is 1.79. The largest absolute Gasteiger partial charge is 0.370 e. The third-order valence-electron chi connectivity index (χ3n) is 3.10. The Labute approximate surface area is 119 Å². The number of anilines is 1. The van der Waals surface area contributed by atoms with Crippen molar-refractivity contribution in [3.8, 4) is 0 Å². The molecule has 2 heterocycles. The van der Waals surface area contributed by atoms with E-state index >= 15 is 0 Å². The molecular weight excluding hydrogens is 256 g/mol. The van der Waals surface area contributed by atoms with Crippen LogP contribution in [0.4, 0.5) is 5.82 Å². The standard InChI is InChI=1S/C14H22N4S/c1-12-9-13(18-14(10-12)16-11-17-18)15-7-5-3-4-6-8-19-2/h9-11,15H,3-8H2,1-2H3. The first-order valence-electron chi connectivity index (χ1n) is 6.84. The van der Waals surface area contributed by atoms with E-state index in [1.165, 1.54) is 37.0 Å². The molecule has 0 radical (unpaired) electrons. The minimum atomic E-state index is 0.905. The summed E-state index contributed by atoms with van der Waals surface area (Å²) in [5, 5.41) is 7.70. The number of unbranched alkanes of at least 4 members (excludes halogenated alkanes) is 3. The number of fused-ring (bicyclic) bond motifs is 1. The lowest BCUT2D eigenvalue weighted by atomic mass is 10.2. The normalized spacial score (nSPS) is 11.1. The second kappa shape index (κ2) is 7.38. The molecule has 0 aliphatic carbocycles. The Morgan fingerprint density at radius 1 is 1.21 bits per heavy atom. The molecule has 2 rings (SSSR count). The summed E-state index contributed by atoms with van der Waals surface area (Å²) in [5.41, 5.74) is 2.12. The van der Waals surface area contributed by atoms with Gasteiger partial charge < -0.3 is 5.32 Å². The number of aryl methyl sites for hydroxylation is 1. The van der Waals surface area contributed by atoms with Gasteiger partial charge in [-0.15, -0.1) is 0 Å². The first-order valence-corrected chi connectivity index (χ1v) is 8.24. The molecule has 0 atom stereocenters. The molecule has 2 aromatic rings. The van der Waals surface area contributed by atoms with Crippen molar-refractivity contribution in [1.82, 2.24) is 14.6 Å². The summed E-state index contributed by atoms with van der Waals surface area (Å²) in [5.74, 6) is 2.32. The summed E-state index contributed by atoms with van der Waals surface area (Å²) in [7, 11) is 0. The molecule has 0 aromatic carbocycles. The highest BCUT2D eigenvalue weighted by molar-refractivity contribution is 7.98. The van der Waals surface area contributed by atoms with Crippen molar-refractivity contribution in [2.45, 2.75) is 32.6 Å². The Morgan fingerprint density at radius 2 is 2.05 bits per heavy atom. The van der Waals surface area contributed by atoms with Gasteiger partial charge in [-0.3, -0.25) is 0 Å². The molecule has 0 fully saturated rings. The maximum Gasteiger partial charge on any atom is 0.157 e. The first-order chi connectivity index (χ1) is 9.31. The number of pyridine rings is 1. The lowest BCUT2D eigenvalue weighted by molar-refractivity contribution is 0.687. The van der Waals surface area contributed by atoms with Crippen LogP contribution in [-0.2, 0) is 0 Å². The van der Waals surface area contributed by atoms with Gasteiger partial charge in [-0.05, 0) is 49.5 Å². The third-order valence-corrected chi connectivity index (χ3v) is 3.80. The molecule has 0 aliphatic rings. The predicted octanol–water partition coefficient (Wildman–Crippen LogP) is 3.37. The van der Waals surface area contributed by atoms with Gasteiger partial charge in [0.15, 0.2) is 5.65 Å². The first kappa shape index (κ1) is 14.2. The van der Waals surface area contributed by atoms with E-state index in [9.17, 15) is 0 Å². The molecule has 0 bridgehead atoms. The highest BCUT2D eigenvalue weighted by Gasteiger charge is 2.03. The number of rotatable bonds is 8. The highest BCUT2D eigenvalue weighted by Crippen LogP contribution is 2.13. The number of thioether (sulfide) groups is 1. The molecule has 4 nitrogen and oxygen atoms in total. The van der Waals surface area contributed by atoms with Crippen LogP contribution in [0.2, 0.25) is 0 Å². The fourth-order valence-corrected chi connectivity index (χ4v) is 2.62. The summed E-state index contributed by atoms with van der Waals surface area (Å²) in [6.07, 6.45) is 8.93. The topological polar surface area (TPSA) is 42.2 Å². The average molecular weight is 278 g/mol. The van der Waals surface area contributed by atoms with E-state index in [0.29, 0.717) is 0 Å². The van der Waals surface area contributed by atoms with Gasteiger partial charge in [0.1, 0.15) is 12.1 Å². The van der Waals surface area contributed by atoms with Crippen molar-refractivity contribution in [2.24, 2.45) is 0 Å². The zero-order valence-corrected chi connectivity index (χ0v) is 12.5. The van der Waals surface area contributed by atoms with E-state index in [4.69, 9.17) is 0 Å². The van der Waals surface area contributed by atoms with Crippen molar-refractivity contribution in [3.05, 3.63) is 24.0 Å². The van der Waals surface area contributed by atoms with E-state index in [0.717, 1.165) is 18.0 Å². The molecule has 1 N–H and O–H groups in total. The van der Waals surface area contributed by atoms with Crippen molar-refractivity contribution in [3.63, 3.8) is 0 Å². The van der Waals surface area contributed by atoms with E-state index in [2.05, 4.69) is 34.6 Å². The number of nitrogens with one attached hydrogen (secondary N) is 1. The Morgan fingerprint density at radius 3 is 2.89 bits per heavy atom. The van der Waals surface area contributed by atoms with Crippen LogP contribution in [0.15, 0.2) is 18.5 Å². The second-order valence-corrected chi connectivity index (χ2v) is 5.77. The zero-order chi connectivity index (χ0) is 13.5. The van der Waals surface area contributed by atoms with E-state index < -0.39 is 0 Å². The summed E-state index contributed by atoms with van der Waals surface area (Å²) >= 11 is 1.93. The van der Waals surface area contributed by atoms with Crippen LogP contribution in [0.5, 0.6) is 0 Å². The van der Waals surface area contributed by atoms with Gasteiger partial charge in [0.2, 0.25) is 0 Å². The predicted molar refractivity (Wildman–Crippen MR) is 83.1 cm³/mol. The van der Waals surface area contributed by atoms with Crippen LogP contribution in [-0.4, -0.2) is 33.2 Å². The Kier molecular flexibility index (Phi) is 5.51. The van der Waals surface area contributed by atoms with Gasteiger partial charge >= 0.3 is 0 Å². The molecule has 0 saturated heterocycles. The minimum absolute atomic E-state index is 0.905. The smallest absolute Gasteiger partial charge is 0.157 e. The van der Waals surface area contributed by atoms with E-state index in [1.54, 1.807) is 6.33 Å². The van der Waals surface area contributed by atoms with Crippen molar-refractivity contribution in [1.29, 1.82) is 0 Å². The molecule has 0 amide bonds. The van der Waals surface area contributed by atoms with E-state index in [-0.39, 0.29) is 0 Å². The molecule has 0 spiro atoms. The molecule has 0 aliphatic heterocycles. The van der Waals surface area contributed by atoms with Gasteiger partial charge in [-0.25, -0.2) is 4.98 Å². The van der Waals surface area contributed by atoms with Gasteiger partial charge in [0, 0.05) is 6.54 Å². The van der Waals surface area contributed by atoms with Crippen molar-refractivity contribution >= 4 is 23.2 Å². The molecule has 0 saturated carbocycles. The fraction of sp³-hybridized carbons (Fsp3) is 0.571. The van der Waals surface area contributed by atoms with Crippen LogP contribution >= 0.6 is 11.8 Å². The quantitative estimate of drug-likeness (QED) is 0.752. The van der Waals surface area contributed by atoms with Crippen LogP contribution in [0.1, 0.15) is 31.2 Å². The number of hydrogen-bond donors (Lipinski definition) is 1. The van der Waals surface area contributed by atoms with Gasteiger partial charge in [0.25, 0.3) is 0 Å². The van der Waals surface area contributed by atoms with Gasteiger partial charge in [-0.2, -0.15) is 21.4 Å². The zero-order valence-electron chi connectivity index (χ0n) is 11.7. The summed E-state index contributed by atoms with van der Waals surface area (Å²) in [6.45, 7) is 3.08. The van der Waals surface area contributed by atoms with Crippen LogP contribution in [0.25, 0.3) is 5.65 Å². The summed E-state index contributed by atoms with van der Waals surface area (Å²) < 4.78 is 1.86. The molecule has 0 unspecified atom stereocenters. The minimum Gasteiger partial charge on any atom is -0.370 e. The molecule has 2 aromatic heterocycles. The van der Waals surface area contributed by atoms with Crippen molar-refractivity contribution in [2.75, 3.05) is 23.9 Å². The third kappa shape index (κ3) is 4.13. The Bertz CT molecular complexity index is 509. The monoisotopic (exact) mass is 278 g/mol. The van der Waals surface area contributed by atoms with Gasteiger partial charge in [0.05, 0.1) is 0 Å². The lowest BCUT2D eigenvalue weighted by Gasteiger charge is -2.09. The summed E-state index contributed by atoms with van der Waals surface area (Å²) in [6, 6.07) is 4.16. The van der Waals surface area contributed by atoms with E-state index in [1.807, 2.05) is 22.3 Å². The highest BCUT2D eigenvalue weighted by atomic mass is 32.2. The molecule has 104 valence electrons. The summed E-state index contributed by atoms with van der Waals surface area (Å²) in [4.78, 5) is 4.23. The van der Waals surface area contributed by atoms with Crippen molar-refractivity contribution < 1.29 is 0 Å². The van der Waals surface area contributed by atoms with Crippen LogP contribution in [0.3, 0.4) is 0 Å². The van der Waals surface area contributed by atoms with Crippen LogP contribution in [0, 0.1) is 6.92 Å². The SMILES string of the molecule is CSCCCCCCNc1cc(C)cc2ncnn12. The molecular formula is C14H22N4S. The number of aromatic nitrogens is 3. The molecule has 19 heavy (non-hydrogen) atoms. The maximum absolute atomic E-state index is 4.24. The Hall–Kier alpha value is -1.23. The second-order valence-electron chi connectivity index (χ2n) is 4.78. The average Bonchev–Trinajstić information content (AvgIpc) is 2.85. The number of hydrogen-bond acceptors (Lipinski definition) is 4. The fourth-order valence-electron chi connectivity index (χ4n) is 2.12. The van der Waals surface area contributed by atoms with Crippen LogP contribution < -0.4 is 5.32 Å².